The molecule has 1 aliphatic heterocycles. The summed E-state index contributed by atoms with van der Waals surface area (Å²) in [5, 5.41) is 11.6. The fraction of sp³-hybridized carbons (Fsp3) is 0.316. The van der Waals surface area contributed by atoms with Crippen LogP contribution in [0.2, 0.25) is 0 Å². The molecule has 2 aromatic heterocycles. The Morgan fingerprint density at radius 2 is 1.78 bits per heavy atom. The largest absolute Gasteiger partial charge is 0.492 e. The van der Waals surface area contributed by atoms with Crippen LogP contribution in [0.15, 0.2) is 54.7 Å². The van der Waals surface area contributed by atoms with Crippen molar-refractivity contribution in [2.45, 2.75) is 0 Å². The number of hydrogen-bond acceptors (Lipinski definition) is 6. The minimum atomic E-state index is -0.352. The van der Waals surface area contributed by atoms with Gasteiger partial charge in [0.25, 0.3) is 0 Å². The first-order valence-corrected chi connectivity index (χ1v) is 8.99. The van der Waals surface area contributed by atoms with Gasteiger partial charge in [0.2, 0.25) is 11.5 Å². The van der Waals surface area contributed by atoms with Crippen LogP contribution in [0.4, 0.5) is 11.6 Å². The molecular weight excluding hydrogens is 346 g/mol. The standard InChI is InChI=1S/C19H21N5O3/c25-24(26)19-18(20-17-8-4-5-9-23(17)19)22-12-10-21(11-13-22)14-15-27-16-6-2-1-3-7-16/h1-9H,10-15H2. The van der Waals surface area contributed by atoms with Gasteiger partial charge in [-0.1, -0.05) is 24.3 Å². The number of nitro groups is 1. The second-order valence-corrected chi connectivity index (χ2v) is 6.44. The van der Waals surface area contributed by atoms with E-state index in [-0.39, 0.29) is 10.7 Å². The molecule has 0 radical (unpaired) electrons. The van der Waals surface area contributed by atoms with E-state index in [1.54, 1.807) is 18.3 Å². The van der Waals surface area contributed by atoms with E-state index < -0.39 is 0 Å². The van der Waals surface area contributed by atoms with Crippen molar-refractivity contribution in [2.75, 3.05) is 44.2 Å². The van der Waals surface area contributed by atoms with Crippen molar-refractivity contribution in [3.63, 3.8) is 0 Å². The lowest BCUT2D eigenvalue weighted by molar-refractivity contribution is -0.389. The molecule has 1 aromatic carbocycles. The number of rotatable bonds is 6. The number of imidazole rings is 1. The number of ether oxygens (including phenoxy) is 1. The fourth-order valence-corrected chi connectivity index (χ4v) is 3.34. The maximum atomic E-state index is 11.6. The smallest absolute Gasteiger partial charge is 0.372 e. The predicted molar refractivity (Wildman–Crippen MR) is 102 cm³/mol. The molecule has 1 saturated heterocycles. The Morgan fingerprint density at radius 1 is 1.04 bits per heavy atom. The van der Waals surface area contributed by atoms with Crippen molar-refractivity contribution in [1.82, 2.24) is 14.3 Å². The highest BCUT2D eigenvalue weighted by Gasteiger charge is 2.29. The summed E-state index contributed by atoms with van der Waals surface area (Å²) in [7, 11) is 0. The van der Waals surface area contributed by atoms with Gasteiger partial charge >= 0.3 is 5.82 Å². The van der Waals surface area contributed by atoms with Crippen molar-refractivity contribution in [1.29, 1.82) is 0 Å². The number of anilines is 1. The molecule has 0 bridgehead atoms. The molecule has 140 valence electrons. The Balaban J connectivity index is 1.37. The number of pyridine rings is 1. The lowest BCUT2D eigenvalue weighted by Crippen LogP contribution is -2.47. The lowest BCUT2D eigenvalue weighted by Gasteiger charge is -2.34. The monoisotopic (exact) mass is 367 g/mol. The molecule has 0 unspecified atom stereocenters. The first kappa shape index (κ1) is 17.3. The average molecular weight is 367 g/mol. The summed E-state index contributed by atoms with van der Waals surface area (Å²) in [5.74, 6) is 1.36. The average Bonchev–Trinajstić information content (AvgIpc) is 3.09. The highest BCUT2D eigenvalue weighted by atomic mass is 16.6. The molecule has 0 spiro atoms. The van der Waals surface area contributed by atoms with E-state index in [1.165, 1.54) is 4.40 Å². The minimum Gasteiger partial charge on any atom is -0.492 e. The number of hydrogen-bond donors (Lipinski definition) is 0. The number of benzene rings is 1. The molecule has 0 amide bonds. The zero-order valence-electron chi connectivity index (χ0n) is 14.9. The Kier molecular flexibility index (Phi) is 4.88. The van der Waals surface area contributed by atoms with E-state index in [2.05, 4.69) is 9.88 Å². The normalized spacial score (nSPS) is 15.2. The van der Waals surface area contributed by atoms with Gasteiger partial charge in [-0.2, -0.15) is 9.38 Å². The molecule has 4 rings (SSSR count). The first-order valence-electron chi connectivity index (χ1n) is 8.99. The molecule has 1 fully saturated rings. The summed E-state index contributed by atoms with van der Waals surface area (Å²) in [4.78, 5) is 20.0. The van der Waals surface area contributed by atoms with Crippen molar-refractivity contribution in [3.05, 3.63) is 64.8 Å². The molecule has 0 N–H and O–H groups in total. The fourth-order valence-electron chi connectivity index (χ4n) is 3.34. The highest BCUT2D eigenvalue weighted by Crippen LogP contribution is 2.29. The van der Waals surface area contributed by atoms with Gasteiger partial charge in [-0.25, -0.2) is 0 Å². The van der Waals surface area contributed by atoms with E-state index >= 15 is 0 Å². The predicted octanol–water partition coefficient (Wildman–Crippen LogP) is 2.44. The molecule has 8 heteroatoms. The number of nitrogens with zero attached hydrogens (tertiary/aromatic N) is 5. The quantitative estimate of drug-likeness (QED) is 0.492. The van der Waals surface area contributed by atoms with Gasteiger partial charge in [-0.05, 0) is 23.1 Å². The second-order valence-electron chi connectivity index (χ2n) is 6.44. The summed E-state index contributed by atoms with van der Waals surface area (Å²) in [6.45, 7) is 4.51. The van der Waals surface area contributed by atoms with Crippen LogP contribution in [0.25, 0.3) is 5.65 Å². The van der Waals surface area contributed by atoms with E-state index in [1.807, 2.05) is 41.3 Å². The number of piperazine rings is 1. The molecule has 1 aliphatic rings. The maximum absolute atomic E-state index is 11.6. The summed E-state index contributed by atoms with van der Waals surface area (Å²) in [6, 6.07) is 15.2. The third-order valence-electron chi connectivity index (χ3n) is 4.75. The van der Waals surface area contributed by atoms with E-state index in [0.717, 1.165) is 25.4 Å². The number of para-hydroxylation sites is 1. The van der Waals surface area contributed by atoms with Gasteiger partial charge in [0, 0.05) is 38.8 Å². The van der Waals surface area contributed by atoms with Crippen LogP contribution in [0.3, 0.4) is 0 Å². The molecular formula is C19H21N5O3. The van der Waals surface area contributed by atoms with Crippen LogP contribution < -0.4 is 9.64 Å². The third kappa shape index (κ3) is 3.70. The van der Waals surface area contributed by atoms with Gasteiger partial charge in [-0.3, -0.25) is 4.90 Å². The molecule has 8 nitrogen and oxygen atoms in total. The summed E-state index contributed by atoms with van der Waals surface area (Å²) in [5.41, 5.74) is 0.595. The molecule has 3 heterocycles. The van der Waals surface area contributed by atoms with Crippen LogP contribution in [-0.2, 0) is 0 Å². The van der Waals surface area contributed by atoms with Gasteiger partial charge in [0.15, 0.2) is 0 Å². The maximum Gasteiger partial charge on any atom is 0.372 e. The first-order chi connectivity index (χ1) is 13.2. The lowest BCUT2D eigenvalue weighted by atomic mass is 10.3. The van der Waals surface area contributed by atoms with Crippen LogP contribution in [0, 0.1) is 10.1 Å². The highest BCUT2D eigenvalue weighted by molar-refractivity contribution is 5.63. The van der Waals surface area contributed by atoms with Crippen molar-refractivity contribution >= 4 is 17.3 Å². The molecule has 0 saturated carbocycles. The molecule has 0 aliphatic carbocycles. The Labute approximate surface area is 156 Å². The van der Waals surface area contributed by atoms with Gasteiger partial charge in [-0.15, -0.1) is 0 Å². The van der Waals surface area contributed by atoms with E-state index in [4.69, 9.17) is 4.74 Å². The summed E-state index contributed by atoms with van der Waals surface area (Å²) >= 11 is 0. The Bertz CT molecular complexity index is 919. The van der Waals surface area contributed by atoms with Crippen LogP contribution in [0.1, 0.15) is 0 Å². The van der Waals surface area contributed by atoms with Gasteiger partial charge in [0.1, 0.15) is 12.4 Å². The Morgan fingerprint density at radius 3 is 2.52 bits per heavy atom. The zero-order chi connectivity index (χ0) is 18.6. The van der Waals surface area contributed by atoms with Gasteiger partial charge < -0.3 is 19.8 Å². The van der Waals surface area contributed by atoms with E-state index in [0.29, 0.717) is 31.2 Å². The Hall–Kier alpha value is -3.13. The number of aromatic nitrogens is 2. The number of fused-ring (bicyclic) bond motifs is 1. The van der Waals surface area contributed by atoms with Crippen LogP contribution in [0.5, 0.6) is 5.75 Å². The molecule has 27 heavy (non-hydrogen) atoms. The second kappa shape index (κ2) is 7.63. The van der Waals surface area contributed by atoms with Gasteiger partial charge in [0.05, 0.1) is 6.20 Å². The van der Waals surface area contributed by atoms with E-state index in [9.17, 15) is 10.1 Å². The minimum absolute atomic E-state index is 0.0338. The van der Waals surface area contributed by atoms with Crippen LogP contribution >= 0.6 is 0 Å². The SMILES string of the molecule is O=[N+]([O-])c1c(N2CCN(CCOc3ccccc3)CC2)nc2ccccn12. The summed E-state index contributed by atoms with van der Waals surface area (Å²) in [6.07, 6.45) is 1.68. The molecule has 3 aromatic rings. The third-order valence-corrected chi connectivity index (χ3v) is 4.75. The van der Waals surface area contributed by atoms with Crippen molar-refractivity contribution in [2.24, 2.45) is 0 Å². The molecule has 0 atom stereocenters. The zero-order valence-corrected chi connectivity index (χ0v) is 14.9. The van der Waals surface area contributed by atoms with Crippen molar-refractivity contribution < 1.29 is 9.66 Å². The van der Waals surface area contributed by atoms with Crippen molar-refractivity contribution in [3.8, 4) is 5.75 Å². The van der Waals surface area contributed by atoms with Crippen LogP contribution in [-0.4, -0.2) is 58.5 Å². The summed E-state index contributed by atoms with van der Waals surface area (Å²) < 4.78 is 7.29. The topological polar surface area (TPSA) is 76.2 Å².